The number of fused-ring (bicyclic) bond motifs is 1. The summed E-state index contributed by atoms with van der Waals surface area (Å²) < 4.78 is 0. The fourth-order valence-corrected chi connectivity index (χ4v) is 3.74. The fourth-order valence-electron chi connectivity index (χ4n) is 3.74. The van der Waals surface area contributed by atoms with Crippen LogP contribution in [0.25, 0.3) is 0 Å². The van der Waals surface area contributed by atoms with Crippen molar-refractivity contribution < 1.29 is 0 Å². The van der Waals surface area contributed by atoms with Gasteiger partial charge in [-0.05, 0) is 41.2 Å². The summed E-state index contributed by atoms with van der Waals surface area (Å²) in [6.07, 6.45) is 2.75. The lowest BCUT2D eigenvalue weighted by Crippen LogP contribution is -2.27. The number of hydrogen-bond donors (Lipinski definition) is 0. The molecule has 2 saturated carbocycles. The van der Waals surface area contributed by atoms with E-state index < -0.39 is 0 Å². The van der Waals surface area contributed by atoms with Gasteiger partial charge in [-0.3, -0.25) is 0 Å². The van der Waals surface area contributed by atoms with Gasteiger partial charge in [0.15, 0.2) is 0 Å². The van der Waals surface area contributed by atoms with Crippen LogP contribution < -0.4 is 0 Å². The minimum atomic E-state index is 0.557. The van der Waals surface area contributed by atoms with Crippen molar-refractivity contribution in [2.75, 3.05) is 0 Å². The third kappa shape index (κ3) is 1.24. The molecule has 4 rings (SSSR count). The summed E-state index contributed by atoms with van der Waals surface area (Å²) >= 11 is 0. The third-order valence-electron chi connectivity index (χ3n) is 4.78. The smallest absolute Gasteiger partial charge is 0.000352 e. The molecule has 0 radical (unpaired) electrons. The predicted molar refractivity (Wildman–Crippen MR) is 70.0 cm³/mol. The highest BCUT2D eigenvalue weighted by atomic mass is 14.7. The topological polar surface area (TPSA) is 0 Å². The molecule has 2 aliphatic rings. The van der Waals surface area contributed by atoms with E-state index in [1.807, 2.05) is 0 Å². The minimum absolute atomic E-state index is 0.557. The van der Waals surface area contributed by atoms with E-state index in [0.29, 0.717) is 5.41 Å². The summed E-state index contributed by atoms with van der Waals surface area (Å²) in [5.41, 5.74) is 3.67. The van der Waals surface area contributed by atoms with Gasteiger partial charge in [0.1, 0.15) is 0 Å². The van der Waals surface area contributed by atoms with E-state index in [4.69, 9.17) is 0 Å². The maximum atomic E-state index is 2.31. The molecular weight excluding hydrogens is 204 g/mol. The Balaban J connectivity index is 1.59. The van der Waals surface area contributed by atoms with Crippen molar-refractivity contribution in [3.8, 4) is 0 Å². The molecule has 0 aliphatic heterocycles. The first-order chi connectivity index (χ1) is 8.40. The summed E-state index contributed by atoms with van der Waals surface area (Å²) in [5.74, 6) is 1.73. The van der Waals surface area contributed by atoms with E-state index in [1.54, 1.807) is 11.1 Å². The molecule has 3 atom stereocenters. The summed E-state index contributed by atoms with van der Waals surface area (Å²) in [6.45, 7) is 0. The van der Waals surface area contributed by atoms with Gasteiger partial charge in [-0.25, -0.2) is 0 Å². The van der Waals surface area contributed by atoms with Gasteiger partial charge in [-0.15, -0.1) is 0 Å². The van der Waals surface area contributed by atoms with Crippen LogP contribution in [0, 0.1) is 5.92 Å². The van der Waals surface area contributed by atoms with Crippen molar-refractivity contribution in [3.63, 3.8) is 0 Å². The molecule has 84 valence electrons. The highest BCUT2D eigenvalue weighted by Crippen LogP contribution is 2.74. The average Bonchev–Trinajstić information content (AvgIpc) is 2.98. The Labute approximate surface area is 102 Å². The molecule has 2 aromatic rings. The fraction of sp³-hybridized carbons (Fsp3) is 0.294. The molecule has 17 heavy (non-hydrogen) atoms. The molecule has 0 heterocycles. The van der Waals surface area contributed by atoms with Crippen LogP contribution >= 0.6 is 0 Å². The largest absolute Gasteiger partial charge is 0.0622 e. The lowest BCUT2D eigenvalue weighted by Gasteiger charge is -2.35. The monoisotopic (exact) mass is 220 g/mol. The Hall–Kier alpha value is -1.56. The minimum Gasteiger partial charge on any atom is -0.0622 e. The first-order valence-electron chi connectivity index (χ1n) is 6.51. The van der Waals surface area contributed by atoms with Crippen molar-refractivity contribution in [2.45, 2.75) is 24.2 Å². The normalized spacial score (nSPS) is 33.6. The van der Waals surface area contributed by atoms with Gasteiger partial charge >= 0.3 is 0 Å². The number of benzene rings is 2. The number of hydrogen-bond acceptors (Lipinski definition) is 0. The Bertz CT molecular complexity index is 528. The summed E-state index contributed by atoms with van der Waals surface area (Å²) in [4.78, 5) is 0. The molecule has 0 heteroatoms. The molecule has 0 bridgehead atoms. The van der Waals surface area contributed by atoms with Crippen LogP contribution in [0.5, 0.6) is 0 Å². The first kappa shape index (κ1) is 9.47. The van der Waals surface area contributed by atoms with Gasteiger partial charge in [-0.1, -0.05) is 60.7 Å². The summed E-state index contributed by atoms with van der Waals surface area (Å²) in [6, 6.07) is 22.1. The maximum Gasteiger partial charge on any atom is -0.000352 e. The maximum absolute atomic E-state index is 2.31. The lowest BCUT2D eigenvalue weighted by atomic mass is 9.68. The molecular formula is C17H16. The van der Waals surface area contributed by atoms with E-state index >= 15 is 0 Å². The molecule has 0 N–H and O–H groups in total. The number of rotatable bonds is 2. The van der Waals surface area contributed by atoms with Gasteiger partial charge in [0.05, 0.1) is 0 Å². The highest BCUT2D eigenvalue weighted by Gasteiger charge is 2.67. The Morgan fingerprint density at radius 2 is 1.41 bits per heavy atom. The Morgan fingerprint density at radius 1 is 0.765 bits per heavy atom. The van der Waals surface area contributed by atoms with Crippen molar-refractivity contribution >= 4 is 0 Å². The van der Waals surface area contributed by atoms with E-state index in [0.717, 1.165) is 11.8 Å². The van der Waals surface area contributed by atoms with E-state index in [-0.39, 0.29) is 0 Å². The lowest BCUT2D eigenvalue weighted by molar-refractivity contribution is 0.334. The molecule has 0 amide bonds. The van der Waals surface area contributed by atoms with Crippen LogP contribution in [0.3, 0.4) is 0 Å². The summed E-state index contributed by atoms with van der Waals surface area (Å²) in [7, 11) is 0. The zero-order valence-corrected chi connectivity index (χ0v) is 9.84. The average molecular weight is 220 g/mol. The highest BCUT2D eigenvalue weighted by molar-refractivity contribution is 5.44. The van der Waals surface area contributed by atoms with Gasteiger partial charge in [0, 0.05) is 0 Å². The SMILES string of the molecule is c1ccc(C2CC3(c4ccccc4)CC23)cc1. The second-order valence-electron chi connectivity index (χ2n) is 5.55. The van der Waals surface area contributed by atoms with Crippen molar-refractivity contribution in [3.05, 3.63) is 71.8 Å². The quantitative estimate of drug-likeness (QED) is 0.713. The second-order valence-corrected chi connectivity index (χ2v) is 5.55. The predicted octanol–water partition coefficient (Wildman–Crippen LogP) is 4.13. The van der Waals surface area contributed by atoms with Gasteiger partial charge in [0.25, 0.3) is 0 Å². The van der Waals surface area contributed by atoms with Crippen molar-refractivity contribution in [1.29, 1.82) is 0 Å². The molecule has 0 aromatic heterocycles. The van der Waals surface area contributed by atoms with Crippen LogP contribution in [-0.4, -0.2) is 0 Å². The van der Waals surface area contributed by atoms with Crippen LogP contribution in [0.15, 0.2) is 60.7 Å². The van der Waals surface area contributed by atoms with E-state index in [2.05, 4.69) is 60.7 Å². The molecule has 2 aromatic carbocycles. The molecule has 2 fully saturated rings. The zero-order valence-electron chi connectivity index (χ0n) is 9.84. The van der Waals surface area contributed by atoms with Crippen LogP contribution in [0.1, 0.15) is 29.9 Å². The molecule has 0 nitrogen and oxygen atoms in total. The van der Waals surface area contributed by atoms with Gasteiger partial charge < -0.3 is 0 Å². The van der Waals surface area contributed by atoms with Crippen LogP contribution in [-0.2, 0) is 5.41 Å². The molecule has 0 saturated heterocycles. The first-order valence-corrected chi connectivity index (χ1v) is 6.51. The van der Waals surface area contributed by atoms with Gasteiger partial charge in [-0.2, -0.15) is 0 Å². The summed E-state index contributed by atoms with van der Waals surface area (Å²) in [5, 5.41) is 0. The Kier molecular flexibility index (Phi) is 1.80. The molecule has 2 aliphatic carbocycles. The van der Waals surface area contributed by atoms with Crippen LogP contribution in [0.2, 0.25) is 0 Å². The van der Waals surface area contributed by atoms with Crippen molar-refractivity contribution in [2.24, 2.45) is 5.92 Å². The van der Waals surface area contributed by atoms with E-state index in [9.17, 15) is 0 Å². The van der Waals surface area contributed by atoms with E-state index in [1.165, 1.54) is 12.8 Å². The zero-order chi connectivity index (χ0) is 11.3. The van der Waals surface area contributed by atoms with Crippen LogP contribution in [0.4, 0.5) is 0 Å². The third-order valence-corrected chi connectivity index (χ3v) is 4.78. The van der Waals surface area contributed by atoms with Crippen molar-refractivity contribution in [1.82, 2.24) is 0 Å². The molecule has 3 unspecified atom stereocenters. The van der Waals surface area contributed by atoms with Gasteiger partial charge in [0.2, 0.25) is 0 Å². The Morgan fingerprint density at radius 3 is 2.06 bits per heavy atom. The molecule has 0 spiro atoms. The second kappa shape index (κ2) is 3.22. The standard InChI is InChI=1S/C17H16/c1-3-7-13(8-4-1)15-11-17(12-16(15)17)14-9-5-2-6-10-14/h1-10,15-16H,11-12H2.